The topological polar surface area (TPSA) is 110 Å². The van der Waals surface area contributed by atoms with Gasteiger partial charge in [-0.1, -0.05) is 0 Å². The van der Waals surface area contributed by atoms with Crippen LogP contribution in [0.15, 0.2) is 45.6 Å². The molecule has 4 aromatic rings. The van der Waals surface area contributed by atoms with Crippen molar-refractivity contribution in [1.82, 2.24) is 4.98 Å². The lowest BCUT2D eigenvalue weighted by Crippen LogP contribution is -2.40. The maximum absolute atomic E-state index is 13.0. The zero-order valence-electron chi connectivity index (χ0n) is 18.6. The number of carbonyl (C=O) groups excluding carboxylic acids is 1. The standard InChI is InChI=1S/C26H23NO6/c1-13-4-15-6-18(30)9-23-24(15)20(27-13)12-26(3,33-23)11-19-10-21(31)25-16(5-14(2)28)7-17(29)8-22(25)32-19/h4,6-10,29-30H,5,11-12H2,1-3H3/t26-/m0/s1. The van der Waals surface area contributed by atoms with Crippen molar-refractivity contribution in [3.63, 3.8) is 0 Å². The van der Waals surface area contributed by atoms with E-state index >= 15 is 0 Å². The Kier molecular flexibility index (Phi) is 4.67. The van der Waals surface area contributed by atoms with E-state index in [1.54, 1.807) is 12.1 Å². The van der Waals surface area contributed by atoms with E-state index in [-0.39, 0.29) is 41.1 Å². The summed E-state index contributed by atoms with van der Waals surface area (Å²) in [6.07, 6.45) is 0.785. The summed E-state index contributed by atoms with van der Waals surface area (Å²) in [5.41, 5.74) is 1.30. The van der Waals surface area contributed by atoms with Crippen LogP contribution in [0.1, 0.15) is 36.6 Å². The molecule has 33 heavy (non-hydrogen) atoms. The minimum atomic E-state index is -0.781. The second-order valence-corrected chi connectivity index (χ2v) is 9.09. The normalized spacial score (nSPS) is 17.3. The van der Waals surface area contributed by atoms with Crippen LogP contribution in [0.5, 0.6) is 17.2 Å². The number of phenols is 2. The molecule has 0 amide bonds. The molecule has 168 valence electrons. The Hall–Kier alpha value is -3.87. The van der Waals surface area contributed by atoms with Gasteiger partial charge in [0.05, 0.1) is 11.1 Å². The molecular formula is C26H23NO6. The van der Waals surface area contributed by atoms with E-state index in [0.717, 1.165) is 22.2 Å². The van der Waals surface area contributed by atoms with E-state index in [2.05, 4.69) is 0 Å². The zero-order chi connectivity index (χ0) is 23.5. The van der Waals surface area contributed by atoms with Gasteiger partial charge in [-0.15, -0.1) is 0 Å². The van der Waals surface area contributed by atoms with Crippen molar-refractivity contribution in [2.45, 2.75) is 45.6 Å². The van der Waals surface area contributed by atoms with Crippen molar-refractivity contribution in [3.05, 3.63) is 69.3 Å². The van der Waals surface area contributed by atoms with Crippen molar-refractivity contribution < 1.29 is 24.2 Å². The lowest BCUT2D eigenvalue weighted by molar-refractivity contribution is -0.116. The number of aromatic nitrogens is 1. The minimum Gasteiger partial charge on any atom is -0.508 e. The molecule has 3 heterocycles. The van der Waals surface area contributed by atoms with Crippen LogP contribution in [0, 0.1) is 6.92 Å². The van der Waals surface area contributed by atoms with Gasteiger partial charge in [0.15, 0.2) is 5.43 Å². The summed E-state index contributed by atoms with van der Waals surface area (Å²) in [4.78, 5) is 29.3. The molecular weight excluding hydrogens is 422 g/mol. The Morgan fingerprint density at radius 3 is 2.61 bits per heavy atom. The van der Waals surface area contributed by atoms with Crippen LogP contribution in [0.3, 0.4) is 0 Å². The Labute approximate surface area is 189 Å². The predicted molar refractivity (Wildman–Crippen MR) is 123 cm³/mol. The van der Waals surface area contributed by atoms with Gasteiger partial charge in [-0.3, -0.25) is 14.6 Å². The van der Waals surface area contributed by atoms with Crippen molar-refractivity contribution >= 4 is 27.5 Å². The van der Waals surface area contributed by atoms with Gasteiger partial charge >= 0.3 is 0 Å². The Morgan fingerprint density at radius 1 is 1.09 bits per heavy atom. The fourth-order valence-electron chi connectivity index (χ4n) is 4.80. The second kappa shape index (κ2) is 7.33. The van der Waals surface area contributed by atoms with Gasteiger partial charge < -0.3 is 19.4 Å². The molecule has 0 fully saturated rings. The number of benzene rings is 2. The van der Waals surface area contributed by atoms with Gasteiger partial charge in [0.2, 0.25) is 0 Å². The van der Waals surface area contributed by atoms with Crippen molar-refractivity contribution in [2.75, 3.05) is 0 Å². The molecule has 0 bridgehead atoms. The van der Waals surface area contributed by atoms with Crippen LogP contribution < -0.4 is 10.2 Å². The fraction of sp³-hybridized carbons (Fsp3) is 0.269. The lowest BCUT2D eigenvalue weighted by atomic mass is 9.88. The van der Waals surface area contributed by atoms with Crippen LogP contribution in [0.25, 0.3) is 21.7 Å². The number of carbonyl (C=O) groups is 1. The number of hydrogen-bond donors (Lipinski definition) is 2. The Balaban J connectivity index is 1.57. The molecule has 2 N–H and O–H groups in total. The van der Waals surface area contributed by atoms with Gasteiger partial charge in [-0.2, -0.15) is 0 Å². The minimum absolute atomic E-state index is 0.0329. The first-order valence-corrected chi connectivity index (χ1v) is 10.7. The third-order valence-electron chi connectivity index (χ3n) is 5.92. The highest BCUT2D eigenvalue weighted by molar-refractivity contribution is 5.93. The first-order valence-electron chi connectivity index (χ1n) is 10.7. The number of Topliss-reactive ketones (excluding diaryl/α,β-unsaturated/α-hetero) is 1. The van der Waals surface area contributed by atoms with E-state index in [4.69, 9.17) is 14.1 Å². The monoisotopic (exact) mass is 445 g/mol. The third-order valence-corrected chi connectivity index (χ3v) is 5.92. The number of fused-ring (bicyclic) bond motifs is 1. The van der Waals surface area contributed by atoms with Crippen LogP contribution in [-0.2, 0) is 24.1 Å². The molecule has 0 aliphatic carbocycles. The summed E-state index contributed by atoms with van der Waals surface area (Å²) in [7, 11) is 0. The van der Waals surface area contributed by atoms with Gasteiger partial charge in [-0.25, -0.2) is 0 Å². The van der Waals surface area contributed by atoms with Gasteiger partial charge in [0, 0.05) is 48.5 Å². The summed E-state index contributed by atoms with van der Waals surface area (Å²) >= 11 is 0. The van der Waals surface area contributed by atoms with Crippen LogP contribution in [0.2, 0.25) is 0 Å². The van der Waals surface area contributed by atoms with E-state index in [0.29, 0.717) is 28.9 Å². The molecule has 1 aliphatic heterocycles. The highest BCUT2D eigenvalue weighted by Gasteiger charge is 2.35. The summed E-state index contributed by atoms with van der Waals surface area (Å²) in [6, 6.07) is 9.38. The van der Waals surface area contributed by atoms with Crippen LogP contribution in [0.4, 0.5) is 0 Å². The number of rotatable bonds is 4. The molecule has 0 spiro atoms. The molecule has 7 heteroatoms. The summed E-state index contributed by atoms with van der Waals surface area (Å²) in [5.74, 6) is 0.832. The Bertz CT molecular complexity index is 1470. The predicted octanol–water partition coefficient (Wildman–Crippen LogP) is 4.13. The number of pyridine rings is 1. The molecule has 2 aromatic carbocycles. The Morgan fingerprint density at radius 2 is 1.85 bits per heavy atom. The van der Waals surface area contributed by atoms with Crippen LogP contribution >= 0.6 is 0 Å². The van der Waals surface area contributed by atoms with Gasteiger partial charge in [0.1, 0.15) is 40.0 Å². The maximum atomic E-state index is 13.0. The summed E-state index contributed by atoms with van der Waals surface area (Å²) in [6.45, 7) is 5.24. The van der Waals surface area contributed by atoms with E-state index in [1.807, 2.05) is 19.9 Å². The molecule has 7 nitrogen and oxygen atoms in total. The highest BCUT2D eigenvalue weighted by atomic mass is 16.5. The second-order valence-electron chi connectivity index (χ2n) is 9.09. The fourth-order valence-corrected chi connectivity index (χ4v) is 4.80. The third kappa shape index (κ3) is 3.80. The number of phenolic OH excluding ortho intramolecular Hbond substituents is 2. The number of aromatic hydroxyl groups is 2. The summed E-state index contributed by atoms with van der Waals surface area (Å²) < 4.78 is 12.3. The first kappa shape index (κ1) is 21.0. The van der Waals surface area contributed by atoms with E-state index in [9.17, 15) is 19.8 Å². The molecule has 2 aromatic heterocycles. The summed E-state index contributed by atoms with van der Waals surface area (Å²) in [5, 5.41) is 22.3. The lowest BCUT2D eigenvalue weighted by Gasteiger charge is -2.35. The number of aryl methyl sites for hydroxylation is 1. The molecule has 1 atom stereocenters. The van der Waals surface area contributed by atoms with Crippen molar-refractivity contribution in [3.8, 4) is 17.2 Å². The molecule has 0 saturated carbocycles. The quantitative estimate of drug-likeness (QED) is 0.486. The van der Waals surface area contributed by atoms with Crippen molar-refractivity contribution in [1.29, 1.82) is 0 Å². The number of ether oxygens (including phenoxy) is 1. The maximum Gasteiger partial charge on any atom is 0.193 e. The molecule has 0 unspecified atom stereocenters. The molecule has 0 saturated heterocycles. The SMILES string of the molecule is CC(=O)Cc1cc(O)cc2oc(C[C@@]3(C)Cc4nc(C)cc5cc(O)cc(c45)O3)cc(=O)c12. The number of hydrogen-bond acceptors (Lipinski definition) is 7. The van der Waals surface area contributed by atoms with Gasteiger partial charge in [-0.05, 0) is 49.9 Å². The zero-order valence-corrected chi connectivity index (χ0v) is 18.6. The largest absolute Gasteiger partial charge is 0.508 e. The van der Waals surface area contributed by atoms with Gasteiger partial charge in [0.25, 0.3) is 0 Å². The van der Waals surface area contributed by atoms with Crippen LogP contribution in [-0.4, -0.2) is 26.6 Å². The number of nitrogens with zero attached hydrogens (tertiary/aromatic N) is 1. The molecule has 1 aliphatic rings. The number of ketones is 1. The van der Waals surface area contributed by atoms with E-state index < -0.39 is 5.60 Å². The first-order chi connectivity index (χ1) is 15.6. The average Bonchev–Trinajstić information content (AvgIpc) is 2.64. The molecule has 5 rings (SSSR count). The highest BCUT2D eigenvalue weighted by Crippen LogP contribution is 2.41. The smallest absolute Gasteiger partial charge is 0.193 e. The van der Waals surface area contributed by atoms with E-state index in [1.165, 1.54) is 25.1 Å². The average molecular weight is 445 g/mol. The van der Waals surface area contributed by atoms with Crippen molar-refractivity contribution in [2.24, 2.45) is 0 Å². The molecule has 0 radical (unpaired) electrons.